The molecular weight excluding hydrogens is 458 g/mol. The number of rotatable bonds is 6. The van der Waals surface area contributed by atoms with Crippen LogP contribution in [0.5, 0.6) is 0 Å². The Bertz CT molecular complexity index is 1360. The third kappa shape index (κ3) is 4.77. The minimum Gasteiger partial charge on any atom is -0.459 e. The number of aryl methyl sites for hydroxylation is 1. The molecule has 178 valence electrons. The van der Waals surface area contributed by atoms with Gasteiger partial charge in [-0.15, -0.1) is 11.3 Å². The molecule has 5 rings (SSSR count). The van der Waals surface area contributed by atoms with Gasteiger partial charge in [-0.3, -0.25) is 4.79 Å². The van der Waals surface area contributed by atoms with Crippen LogP contribution in [0.1, 0.15) is 57.8 Å². The van der Waals surface area contributed by atoms with Gasteiger partial charge in [0.05, 0.1) is 22.9 Å². The van der Waals surface area contributed by atoms with Crippen LogP contribution in [0.4, 0.5) is 5.00 Å². The van der Waals surface area contributed by atoms with E-state index in [1.165, 1.54) is 11.3 Å². The van der Waals surface area contributed by atoms with Crippen LogP contribution < -0.4 is 5.32 Å². The topological polar surface area (TPSA) is 73.2 Å². The fourth-order valence-corrected chi connectivity index (χ4v) is 5.65. The predicted octanol–water partition coefficient (Wildman–Crippen LogP) is 6.30. The van der Waals surface area contributed by atoms with E-state index in [1.807, 2.05) is 74.5 Å². The van der Waals surface area contributed by atoms with Crippen LogP contribution in [-0.4, -0.2) is 27.8 Å². The van der Waals surface area contributed by atoms with Gasteiger partial charge in [0, 0.05) is 16.6 Å². The van der Waals surface area contributed by atoms with Crippen molar-refractivity contribution in [1.82, 2.24) is 9.78 Å². The Morgan fingerprint density at radius 2 is 1.69 bits per heavy atom. The monoisotopic (exact) mass is 485 g/mol. The average Bonchev–Trinajstić information content (AvgIpc) is 3.47. The standard InChI is InChI=1S/C28H27N3O3S/c1-18(2)34-28(33)24-21-15-9-10-16-23(21)35-27(24)29-26(32)22-17-31(20-13-7-4-8-14-20)30-25(22)19-11-5-3-6-12-19/h3-8,11-14,17-18H,9-10,15-16H2,1-2H3,(H,29,32). The van der Waals surface area contributed by atoms with Gasteiger partial charge in [-0.25, -0.2) is 9.48 Å². The molecule has 1 aliphatic rings. The second kappa shape index (κ2) is 9.88. The number of benzene rings is 2. The highest BCUT2D eigenvalue weighted by atomic mass is 32.1. The van der Waals surface area contributed by atoms with Gasteiger partial charge in [0.25, 0.3) is 5.91 Å². The van der Waals surface area contributed by atoms with Crippen molar-refractivity contribution >= 4 is 28.2 Å². The van der Waals surface area contributed by atoms with E-state index in [1.54, 1.807) is 10.9 Å². The Hall–Kier alpha value is -3.71. The molecule has 1 aliphatic carbocycles. The van der Waals surface area contributed by atoms with E-state index in [2.05, 4.69) is 5.32 Å². The van der Waals surface area contributed by atoms with Crippen LogP contribution in [0.15, 0.2) is 66.9 Å². The number of aromatic nitrogens is 2. The zero-order valence-electron chi connectivity index (χ0n) is 19.8. The first kappa shape index (κ1) is 23.1. The third-order valence-electron chi connectivity index (χ3n) is 5.97. The number of hydrogen-bond acceptors (Lipinski definition) is 5. The van der Waals surface area contributed by atoms with Crippen LogP contribution in [0.25, 0.3) is 16.9 Å². The molecule has 0 saturated heterocycles. The van der Waals surface area contributed by atoms with E-state index >= 15 is 0 Å². The van der Waals surface area contributed by atoms with E-state index in [9.17, 15) is 9.59 Å². The number of amides is 1. The summed E-state index contributed by atoms with van der Waals surface area (Å²) in [5.41, 5.74) is 4.25. The maximum absolute atomic E-state index is 13.7. The summed E-state index contributed by atoms with van der Waals surface area (Å²) in [5.74, 6) is -0.679. The Morgan fingerprint density at radius 1 is 1.00 bits per heavy atom. The number of hydrogen-bond donors (Lipinski definition) is 1. The average molecular weight is 486 g/mol. The van der Waals surface area contributed by atoms with Gasteiger partial charge in [0.1, 0.15) is 10.7 Å². The Kier molecular flexibility index (Phi) is 6.51. The highest BCUT2D eigenvalue weighted by Gasteiger charge is 2.29. The van der Waals surface area contributed by atoms with Crippen molar-refractivity contribution in [3.63, 3.8) is 0 Å². The summed E-state index contributed by atoms with van der Waals surface area (Å²) in [6.45, 7) is 3.66. The predicted molar refractivity (Wildman–Crippen MR) is 138 cm³/mol. The first-order valence-electron chi connectivity index (χ1n) is 11.9. The van der Waals surface area contributed by atoms with E-state index in [0.29, 0.717) is 21.8 Å². The molecule has 7 heteroatoms. The molecule has 4 aromatic rings. The molecule has 2 heterocycles. The number of nitrogens with one attached hydrogen (secondary N) is 1. The number of anilines is 1. The highest BCUT2D eigenvalue weighted by Crippen LogP contribution is 2.39. The largest absolute Gasteiger partial charge is 0.459 e. The SMILES string of the molecule is CC(C)OC(=O)c1c(NC(=O)c2cn(-c3ccccc3)nc2-c2ccccc2)sc2c1CCCC2. The number of thiophene rings is 1. The normalized spacial score (nSPS) is 12.9. The molecule has 0 radical (unpaired) electrons. The van der Waals surface area contributed by atoms with Crippen molar-refractivity contribution in [2.45, 2.75) is 45.6 Å². The number of carbonyl (C=O) groups excluding carboxylic acids is 2. The Balaban J connectivity index is 1.55. The summed E-state index contributed by atoms with van der Waals surface area (Å²) >= 11 is 1.49. The van der Waals surface area contributed by atoms with Gasteiger partial charge in [-0.2, -0.15) is 5.10 Å². The summed E-state index contributed by atoms with van der Waals surface area (Å²) in [7, 11) is 0. The van der Waals surface area contributed by atoms with Gasteiger partial charge < -0.3 is 10.1 Å². The lowest BCUT2D eigenvalue weighted by Gasteiger charge is -2.14. The zero-order chi connectivity index (χ0) is 24.4. The molecule has 6 nitrogen and oxygen atoms in total. The molecule has 1 N–H and O–H groups in total. The molecule has 2 aromatic carbocycles. The van der Waals surface area contributed by atoms with Gasteiger partial charge in [-0.05, 0) is 57.2 Å². The Labute approximate surface area is 208 Å². The van der Waals surface area contributed by atoms with E-state index < -0.39 is 0 Å². The molecule has 1 amide bonds. The lowest BCUT2D eigenvalue weighted by molar-refractivity contribution is 0.0378. The van der Waals surface area contributed by atoms with Crippen molar-refractivity contribution in [3.8, 4) is 16.9 Å². The molecule has 35 heavy (non-hydrogen) atoms. The first-order valence-corrected chi connectivity index (χ1v) is 12.7. The summed E-state index contributed by atoms with van der Waals surface area (Å²) in [5, 5.41) is 8.34. The maximum Gasteiger partial charge on any atom is 0.341 e. The lowest BCUT2D eigenvalue weighted by atomic mass is 9.95. The smallest absolute Gasteiger partial charge is 0.341 e. The summed E-state index contributed by atoms with van der Waals surface area (Å²) in [6, 6.07) is 19.3. The summed E-state index contributed by atoms with van der Waals surface area (Å²) in [6.07, 6.45) is 5.36. The lowest BCUT2D eigenvalue weighted by Crippen LogP contribution is -2.18. The molecule has 0 aliphatic heterocycles. The van der Waals surface area contributed by atoms with Gasteiger partial charge in [0.15, 0.2) is 0 Å². The number of esters is 1. The molecule has 0 atom stereocenters. The number of para-hydroxylation sites is 1. The highest BCUT2D eigenvalue weighted by molar-refractivity contribution is 7.17. The second-order valence-corrected chi connectivity index (χ2v) is 9.97. The van der Waals surface area contributed by atoms with Crippen LogP contribution >= 0.6 is 11.3 Å². The van der Waals surface area contributed by atoms with Crippen LogP contribution in [0.3, 0.4) is 0 Å². The molecule has 0 saturated carbocycles. The number of ether oxygens (including phenoxy) is 1. The van der Waals surface area contributed by atoms with Crippen LogP contribution in [0, 0.1) is 0 Å². The third-order valence-corrected chi connectivity index (χ3v) is 7.18. The number of nitrogens with zero attached hydrogens (tertiary/aromatic N) is 2. The number of carbonyl (C=O) groups is 2. The molecule has 0 spiro atoms. The molecule has 0 bridgehead atoms. The van der Waals surface area contributed by atoms with Crippen molar-refractivity contribution in [3.05, 3.63) is 88.4 Å². The van der Waals surface area contributed by atoms with Gasteiger partial charge >= 0.3 is 5.97 Å². The van der Waals surface area contributed by atoms with Crippen LogP contribution in [-0.2, 0) is 17.6 Å². The number of fused-ring (bicyclic) bond motifs is 1. The molecule has 0 fully saturated rings. The fraction of sp³-hybridized carbons (Fsp3) is 0.250. The summed E-state index contributed by atoms with van der Waals surface area (Å²) < 4.78 is 7.26. The fourth-order valence-electron chi connectivity index (χ4n) is 4.38. The minimum absolute atomic E-state index is 0.237. The van der Waals surface area contributed by atoms with Crippen molar-refractivity contribution < 1.29 is 14.3 Å². The van der Waals surface area contributed by atoms with E-state index in [0.717, 1.165) is 47.4 Å². The Morgan fingerprint density at radius 3 is 2.40 bits per heavy atom. The quantitative estimate of drug-likeness (QED) is 0.325. The van der Waals surface area contributed by atoms with Crippen LogP contribution in [0.2, 0.25) is 0 Å². The molecule has 2 aromatic heterocycles. The van der Waals surface area contributed by atoms with Crippen molar-refractivity contribution in [2.24, 2.45) is 0 Å². The van der Waals surface area contributed by atoms with Crippen molar-refractivity contribution in [1.29, 1.82) is 0 Å². The summed E-state index contributed by atoms with van der Waals surface area (Å²) in [4.78, 5) is 27.8. The van der Waals surface area contributed by atoms with Gasteiger partial charge in [0.2, 0.25) is 0 Å². The molecule has 0 unspecified atom stereocenters. The zero-order valence-corrected chi connectivity index (χ0v) is 20.6. The maximum atomic E-state index is 13.7. The second-order valence-electron chi connectivity index (χ2n) is 8.86. The first-order chi connectivity index (χ1) is 17.0. The molecular formula is C28H27N3O3S. The van der Waals surface area contributed by atoms with Crippen molar-refractivity contribution in [2.75, 3.05) is 5.32 Å². The van der Waals surface area contributed by atoms with E-state index in [-0.39, 0.29) is 18.0 Å². The van der Waals surface area contributed by atoms with Gasteiger partial charge in [-0.1, -0.05) is 48.5 Å². The minimum atomic E-state index is -0.377. The van der Waals surface area contributed by atoms with E-state index in [4.69, 9.17) is 9.84 Å².